The number of amides is 2. The van der Waals surface area contributed by atoms with Crippen LogP contribution in [0.1, 0.15) is 29.2 Å². The number of carbonyl (C=O) groups excluding carboxylic acids is 1. The van der Waals surface area contributed by atoms with Gasteiger partial charge in [-0.25, -0.2) is 9.48 Å². The van der Waals surface area contributed by atoms with Gasteiger partial charge in [0.15, 0.2) is 0 Å². The summed E-state index contributed by atoms with van der Waals surface area (Å²) in [6, 6.07) is 16.7. The smallest absolute Gasteiger partial charge is 0.320 e. The van der Waals surface area contributed by atoms with E-state index in [9.17, 15) is 9.90 Å². The molecular weight excluding hydrogens is 416 g/mol. The van der Waals surface area contributed by atoms with Gasteiger partial charge in [0, 0.05) is 24.4 Å². The number of aryl methyl sites for hydroxylation is 2. The van der Waals surface area contributed by atoms with Crippen LogP contribution in [-0.2, 0) is 13.5 Å². The van der Waals surface area contributed by atoms with Gasteiger partial charge in [0.25, 0.3) is 0 Å². The van der Waals surface area contributed by atoms with Crippen molar-refractivity contribution >= 4 is 11.8 Å². The van der Waals surface area contributed by atoms with Gasteiger partial charge in [-0.2, -0.15) is 10.2 Å². The molecule has 2 unspecified atom stereocenters. The Morgan fingerprint density at radius 1 is 1.12 bits per heavy atom. The van der Waals surface area contributed by atoms with E-state index in [2.05, 4.69) is 15.7 Å². The summed E-state index contributed by atoms with van der Waals surface area (Å²) in [6.07, 6.45) is 4.41. The molecule has 2 aromatic heterocycles. The van der Waals surface area contributed by atoms with Gasteiger partial charge in [-0.05, 0) is 43.0 Å². The van der Waals surface area contributed by atoms with Crippen molar-refractivity contribution in [2.24, 2.45) is 7.05 Å². The molecule has 2 amide bonds. The second-order valence-corrected chi connectivity index (χ2v) is 8.35. The Labute approximate surface area is 191 Å². The van der Waals surface area contributed by atoms with Crippen LogP contribution in [-0.4, -0.2) is 36.8 Å². The number of hydrogen-bond acceptors (Lipinski definition) is 4. The van der Waals surface area contributed by atoms with Crippen LogP contribution in [0.5, 0.6) is 0 Å². The van der Waals surface area contributed by atoms with Crippen LogP contribution >= 0.6 is 0 Å². The number of urea groups is 1. The van der Waals surface area contributed by atoms with Gasteiger partial charge in [0.1, 0.15) is 11.5 Å². The summed E-state index contributed by atoms with van der Waals surface area (Å²) in [5.41, 5.74) is 5.36. The van der Waals surface area contributed by atoms with Gasteiger partial charge in [-0.15, -0.1) is 0 Å². The maximum atomic E-state index is 13.1. The number of aromatic nitrogens is 4. The lowest BCUT2D eigenvalue weighted by Crippen LogP contribution is -2.41. The maximum Gasteiger partial charge on any atom is 0.320 e. The third-order valence-corrected chi connectivity index (χ3v) is 6.10. The Balaban J connectivity index is 1.48. The van der Waals surface area contributed by atoms with Gasteiger partial charge in [-0.3, -0.25) is 10.00 Å². The summed E-state index contributed by atoms with van der Waals surface area (Å²) < 4.78 is 3.44. The van der Waals surface area contributed by atoms with E-state index in [1.165, 1.54) is 0 Å². The standard InChI is InChI=1S/C25H26N6O2/c1-16-22(18-14-26-30(2)15-18)29-31(19-9-4-3-5-10-19)24(16)28-25(33)27-23-20-11-7-6-8-17(20)12-13-21(23)32/h3-11,14-15,21,23,32H,12-13H2,1-2H3,(H2,27,28,33). The Bertz CT molecular complexity index is 1290. The fourth-order valence-corrected chi connectivity index (χ4v) is 4.42. The Morgan fingerprint density at radius 3 is 2.64 bits per heavy atom. The lowest BCUT2D eigenvalue weighted by Gasteiger charge is -2.31. The zero-order valence-corrected chi connectivity index (χ0v) is 18.6. The van der Waals surface area contributed by atoms with Crippen LogP contribution in [0.4, 0.5) is 10.6 Å². The van der Waals surface area contributed by atoms with Gasteiger partial charge >= 0.3 is 6.03 Å². The number of aliphatic hydroxyl groups is 1. The first kappa shape index (κ1) is 21.0. The third-order valence-electron chi connectivity index (χ3n) is 6.10. The molecule has 0 saturated heterocycles. The first-order valence-electron chi connectivity index (χ1n) is 11.0. The highest BCUT2D eigenvalue weighted by Gasteiger charge is 2.30. The lowest BCUT2D eigenvalue weighted by molar-refractivity contribution is 0.114. The molecule has 1 aliphatic rings. The van der Waals surface area contributed by atoms with Crippen molar-refractivity contribution in [3.8, 4) is 16.9 Å². The van der Waals surface area contributed by atoms with Crippen LogP contribution in [0.3, 0.4) is 0 Å². The normalized spacial score (nSPS) is 17.4. The van der Waals surface area contributed by atoms with Crippen molar-refractivity contribution in [3.05, 3.63) is 83.7 Å². The topological polar surface area (TPSA) is 97.0 Å². The zero-order chi connectivity index (χ0) is 22.9. The molecule has 4 aromatic rings. The number of nitrogens with one attached hydrogen (secondary N) is 2. The van der Waals surface area contributed by atoms with Crippen LogP contribution in [0.25, 0.3) is 16.9 Å². The average Bonchev–Trinajstić information content (AvgIpc) is 3.39. The molecule has 2 aromatic carbocycles. The molecule has 3 N–H and O–H groups in total. The monoisotopic (exact) mass is 442 g/mol. The van der Waals surface area contributed by atoms with Gasteiger partial charge in [-0.1, -0.05) is 42.5 Å². The molecule has 33 heavy (non-hydrogen) atoms. The van der Waals surface area contributed by atoms with Gasteiger partial charge < -0.3 is 10.4 Å². The molecule has 0 aliphatic heterocycles. The molecule has 0 spiro atoms. The first-order chi connectivity index (χ1) is 16.0. The van der Waals surface area contributed by atoms with Crippen LogP contribution in [0.2, 0.25) is 0 Å². The number of nitrogens with zero attached hydrogens (tertiary/aromatic N) is 4. The number of rotatable bonds is 4. The predicted molar refractivity (Wildman–Crippen MR) is 126 cm³/mol. The highest BCUT2D eigenvalue weighted by Crippen LogP contribution is 2.32. The highest BCUT2D eigenvalue weighted by atomic mass is 16.3. The third kappa shape index (κ3) is 4.01. The first-order valence-corrected chi connectivity index (χ1v) is 11.0. The Morgan fingerprint density at radius 2 is 1.88 bits per heavy atom. The van der Waals surface area contributed by atoms with E-state index in [0.717, 1.165) is 40.1 Å². The van der Waals surface area contributed by atoms with Gasteiger partial charge in [0.2, 0.25) is 0 Å². The van der Waals surface area contributed by atoms with E-state index in [1.807, 2.05) is 74.8 Å². The number of hydrogen-bond donors (Lipinski definition) is 3. The summed E-state index contributed by atoms with van der Waals surface area (Å²) in [6.45, 7) is 1.93. The van der Waals surface area contributed by atoms with E-state index < -0.39 is 18.2 Å². The number of carbonyl (C=O) groups is 1. The Kier molecular flexibility index (Phi) is 5.43. The van der Waals surface area contributed by atoms with Crippen molar-refractivity contribution in [1.29, 1.82) is 0 Å². The van der Waals surface area contributed by atoms with E-state index in [1.54, 1.807) is 15.6 Å². The fraction of sp³-hybridized carbons (Fsp3) is 0.240. The molecule has 1 aliphatic carbocycles. The van der Waals surface area contributed by atoms with Crippen LogP contribution < -0.4 is 10.6 Å². The van der Waals surface area contributed by atoms with E-state index >= 15 is 0 Å². The summed E-state index contributed by atoms with van der Waals surface area (Å²) in [5.74, 6) is 0.566. The molecule has 0 bridgehead atoms. The summed E-state index contributed by atoms with van der Waals surface area (Å²) in [5, 5.41) is 25.6. The summed E-state index contributed by atoms with van der Waals surface area (Å²) in [4.78, 5) is 13.1. The minimum atomic E-state index is -0.642. The molecule has 2 atom stereocenters. The number of para-hydroxylation sites is 1. The quantitative estimate of drug-likeness (QED) is 0.448. The predicted octanol–water partition coefficient (Wildman–Crippen LogP) is 3.75. The molecule has 2 heterocycles. The fourth-order valence-electron chi connectivity index (χ4n) is 4.42. The number of anilines is 1. The molecule has 0 fully saturated rings. The average molecular weight is 443 g/mol. The SMILES string of the molecule is Cc1c(-c2cnn(C)c2)nn(-c2ccccc2)c1NC(=O)NC1c2ccccc2CCC1O. The highest BCUT2D eigenvalue weighted by molar-refractivity contribution is 5.91. The zero-order valence-electron chi connectivity index (χ0n) is 18.6. The second kappa shape index (κ2) is 8.55. The molecular formula is C25H26N6O2. The minimum Gasteiger partial charge on any atom is -0.391 e. The lowest BCUT2D eigenvalue weighted by atomic mass is 9.86. The molecule has 0 saturated carbocycles. The molecule has 168 valence electrons. The van der Waals surface area contributed by atoms with E-state index in [0.29, 0.717) is 12.2 Å². The van der Waals surface area contributed by atoms with E-state index in [4.69, 9.17) is 5.10 Å². The van der Waals surface area contributed by atoms with E-state index in [-0.39, 0.29) is 0 Å². The molecule has 0 radical (unpaired) electrons. The van der Waals surface area contributed by atoms with Crippen molar-refractivity contribution < 1.29 is 9.90 Å². The maximum absolute atomic E-state index is 13.1. The van der Waals surface area contributed by atoms with Crippen LogP contribution in [0.15, 0.2) is 67.0 Å². The van der Waals surface area contributed by atoms with Crippen molar-refractivity contribution in [2.45, 2.75) is 31.9 Å². The van der Waals surface area contributed by atoms with Crippen molar-refractivity contribution in [1.82, 2.24) is 24.9 Å². The van der Waals surface area contributed by atoms with Gasteiger partial charge in [0.05, 0.1) is 24.0 Å². The molecule has 8 nitrogen and oxygen atoms in total. The van der Waals surface area contributed by atoms with Crippen LogP contribution in [0, 0.1) is 6.92 Å². The van der Waals surface area contributed by atoms with Crippen molar-refractivity contribution in [2.75, 3.05) is 5.32 Å². The number of fused-ring (bicyclic) bond motifs is 1. The Hall–Kier alpha value is -3.91. The summed E-state index contributed by atoms with van der Waals surface area (Å²) >= 11 is 0. The second-order valence-electron chi connectivity index (χ2n) is 8.35. The van der Waals surface area contributed by atoms with Crippen molar-refractivity contribution in [3.63, 3.8) is 0 Å². The molecule has 8 heteroatoms. The number of benzene rings is 2. The molecule has 5 rings (SSSR count). The largest absolute Gasteiger partial charge is 0.391 e. The summed E-state index contributed by atoms with van der Waals surface area (Å²) in [7, 11) is 1.85. The number of aliphatic hydroxyl groups excluding tert-OH is 1. The minimum absolute atomic E-state index is 0.395.